The first-order valence-electron chi connectivity index (χ1n) is 7.57. The van der Waals surface area contributed by atoms with E-state index < -0.39 is 0 Å². The molecule has 3 nitrogen and oxygen atoms in total. The Morgan fingerprint density at radius 2 is 2.20 bits per heavy atom. The zero-order valence-electron chi connectivity index (χ0n) is 11.8. The van der Waals surface area contributed by atoms with Gasteiger partial charge in [-0.25, -0.2) is 4.39 Å². The molecule has 2 atom stereocenters. The summed E-state index contributed by atoms with van der Waals surface area (Å²) in [6.07, 6.45) is 5.41. The number of rotatable bonds is 4. The Morgan fingerprint density at radius 3 is 3.10 bits per heavy atom. The summed E-state index contributed by atoms with van der Waals surface area (Å²) in [6, 6.07) is 6.89. The number of hydrogen-bond acceptors (Lipinski definition) is 3. The van der Waals surface area contributed by atoms with E-state index >= 15 is 0 Å². The van der Waals surface area contributed by atoms with E-state index in [9.17, 15) is 4.39 Å². The lowest BCUT2D eigenvalue weighted by atomic mass is 9.90. The molecule has 0 unspecified atom stereocenters. The van der Waals surface area contributed by atoms with Crippen LogP contribution in [0.1, 0.15) is 25.7 Å². The third kappa shape index (κ3) is 3.30. The van der Waals surface area contributed by atoms with Crippen LogP contribution in [-0.2, 0) is 4.74 Å². The summed E-state index contributed by atoms with van der Waals surface area (Å²) in [5.74, 6) is 0.361. The molecule has 1 aliphatic carbocycles. The molecule has 0 N–H and O–H groups in total. The summed E-state index contributed by atoms with van der Waals surface area (Å²) in [7, 11) is 0. The molecule has 20 heavy (non-hydrogen) atoms. The fourth-order valence-electron chi connectivity index (χ4n) is 3.29. The van der Waals surface area contributed by atoms with Gasteiger partial charge in [0.1, 0.15) is 18.2 Å². The normalized spacial score (nSPS) is 27.1. The van der Waals surface area contributed by atoms with Crippen LogP contribution in [0.4, 0.5) is 4.39 Å². The number of hydrogen-bond donors (Lipinski definition) is 0. The van der Waals surface area contributed by atoms with Gasteiger partial charge in [0.05, 0.1) is 12.7 Å². The van der Waals surface area contributed by atoms with Crippen molar-refractivity contribution in [1.82, 2.24) is 4.90 Å². The Kier molecular flexibility index (Phi) is 4.53. The van der Waals surface area contributed by atoms with Gasteiger partial charge in [-0.3, -0.25) is 4.90 Å². The highest BCUT2D eigenvalue weighted by atomic mass is 19.1. The first-order chi connectivity index (χ1) is 9.83. The second-order valence-electron chi connectivity index (χ2n) is 5.60. The summed E-state index contributed by atoms with van der Waals surface area (Å²) in [5.41, 5.74) is 0. The second-order valence-corrected chi connectivity index (χ2v) is 5.60. The zero-order valence-corrected chi connectivity index (χ0v) is 11.8. The van der Waals surface area contributed by atoms with Gasteiger partial charge in [-0.15, -0.1) is 0 Å². The quantitative estimate of drug-likeness (QED) is 0.846. The van der Waals surface area contributed by atoms with Crippen molar-refractivity contribution in [2.45, 2.75) is 37.8 Å². The van der Waals surface area contributed by atoms with Gasteiger partial charge in [0.25, 0.3) is 0 Å². The van der Waals surface area contributed by atoms with Crippen LogP contribution in [0.2, 0.25) is 0 Å². The molecule has 0 amide bonds. The molecular formula is C16H22FNO2. The number of benzene rings is 1. The summed E-state index contributed by atoms with van der Waals surface area (Å²) in [4.78, 5) is 2.48. The molecule has 4 heteroatoms. The Morgan fingerprint density at radius 1 is 1.30 bits per heavy atom. The largest absolute Gasteiger partial charge is 0.492 e. The number of morpholine rings is 1. The topological polar surface area (TPSA) is 21.7 Å². The van der Waals surface area contributed by atoms with Gasteiger partial charge < -0.3 is 9.47 Å². The van der Waals surface area contributed by atoms with Gasteiger partial charge in [-0.2, -0.15) is 0 Å². The Bertz CT molecular complexity index is 438. The second kappa shape index (κ2) is 6.55. The lowest BCUT2D eigenvalue weighted by Gasteiger charge is -2.43. The molecule has 1 aromatic carbocycles. The van der Waals surface area contributed by atoms with Crippen molar-refractivity contribution in [3.05, 3.63) is 30.1 Å². The minimum atomic E-state index is -0.249. The van der Waals surface area contributed by atoms with Gasteiger partial charge in [0.2, 0.25) is 0 Å². The minimum Gasteiger partial charge on any atom is -0.492 e. The van der Waals surface area contributed by atoms with E-state index in [1.165, 1.54) is 37.8 Å². The summed E-state index contributed by atoms with van der Waals surface area (Å²) in [5, 5.41) is 0. The summed E-state index contributed by atoms with van der Waals surface area (Å²) < 4.78 is 24.6. The summed E-state index contributed by atoms with van der Waals surface area (Å²) in [6.45, 7) is 3.29. The van der Waals surface area contributed by atoms with Crippen LogP contribution in [0.25, 0.3) is 0 Å². The third-order valence-electron chi connectivity index (χ3n) is 4.29. The number of halogens is 1. The standard InChI is InChI=1S/C16H22FNO2/c17-13-4-3-5-14(12-13)19-10-8-18-9-11-20-16-7-2-1-6-15(16)18/h3-5,12,15-16H,1-2,6-11H2/t15-,16-/m0/s1. The van der Waals surface area contributed by atoms with Crippen LogP contribution in [0.5, 0.6) is 5.75 Å². The molecular weight excluding hydrogens is 257 g/mol. The van der Waals surface area contributed by atoms with E-state index in [0.29, 0.717) is 24.5 Å². The van der Waals surface area contributed by atoms with Crippen LogP contribution in [0, 0.1) is 5.82 Å². The van der Waals surface area contributed by atoms with E-state index in [4.69, 9.17) is 9.47 Å². The number of fused-ring (bicyclic) bond motifs is 1. The molecule has 3 rings (SSSR count). The molecule has 1 aliphatic heterocycles. The zero-order chi connectivity index (χ0) is 13.8. The van der Waals surface area contributed by atoms with E-state index in [1.807, 2.05) is 0 Å². The highest BCUT2D eigenvalue weighted by molar-refractivity contribution is 5.22. The van der Waals surface area contributed by atoms with E-state index in [2.05, 4.69) is 4.90 Å². The molecule has 0 aromatic heterocycles. The molecule has 110 valence electrons. The van der Waals surface area contributed by atoms with Crippen LogP contribution in [0.3, 0.4) is 0 Å². The SMILES string of the molecule is Fc1cccc(OCCN2CCO[C@H]3CCCC[C@@H]32)c1. The average Bonchev–Trinajstić information content (AvgIpc) is 2.48. The van der Waals surface area contributed by atoms with E-state index in [1.54, 1.807) is 12.1 Å². The Labute approximate surface area is 119 Å². The molecule has 2 fully saturated rings. The van der Waals surface area contributed by atoms with Gasteiger partial charge >= 0.3 is 0 Å². The van der Waals surface area contributed by atoms with Gasteiger partial charge in [0.15, 0.2) is 0 Å². The van der Waals surface area contributed by atoms with Crippen molar-refractivity contribution in [3.8, 4) is 5.75 Å². The maximum atomic E-state index is 13.1. The van der Waals surface area contributed by atoms with Crippen molar-refractivity contribution in [3.63, 3.8) is 0 Å². The fourth-order valence-corrected chi connectivity index (χ4v) is 3.29. The average molecular weight is 279 g/mol. The molecule has 1 heterocycles. The van der Waals surface area contributed by atoms with Crippen LogP contribution >= 0.6 is 0 Å². The van der Waals surface area contributed by atoms with Crippen LogP contribution in [0.15, 0.2) is 24.3 Å². The highest BCUT2D eigenvalue weighted by Gasteiger charge is 2.33. The Hall–Kier alpha value is -1.13. The summed E-state index contributed by atoms with van der Waals surface area (Å²) >= 11 is 0. The fraction of sp³-hybridized carbons (Fsp3) is 0.625. The van der Waals surface area contributed by atoms with Crippen LogP contribution in [-0.4, -0.2) is 43.3 Å². The minimum absolute atomic E-state index is 0.249. The monoisotopic (exact) mass is 279 g/mol. The molecule has 0 radical (unpaired) electrons. The molecule has 0 bridgehead atoms. The van der Waals surface area contributed by atoms with Crippen molar-refractivity contribution in [2.75, 3.05) is 26.3 Å². The third-order valence-corrected chi connectivity index (χ3v) is 4.29. The molecule has 1 saturated carbocycles. The smallest absolute Gasteiger partial charge is 0.126 e. The first kappa shape index (κ1) is 13.8. The van der Waals surface area contributed by atoms with Crippen LogP contribution < -0.4 is 4.74 Å². The molecule has 2 aliphatic rings. The lowest BCUT2D eigenvalue weighted by Crippen LogP contribution is -2.53. The molecule has 0 spiro atoms. The highest BCUT2D eigenvalue weighted by Crippen LogP contribution is 2.28. The van der Waals surface area contributed by atoms with E-state index in [-0.39, 0.29) is 5.82 Å². The van der Waals surface area contributed by atoms with Gasteiger partial charge in [-0.1, -0.05) is 18.9 Å². The van der Waals surface area contributed by atoms with Crippen molar-refractivity contribution in [2.24, 2.45) is 0 Å². The maximum Gasteiger partial charge on any atom is 0.126 e. The van der Waals surface area contributed by atoms with E-state index in [0.717, 1.165) is 19.7 Å². The molecule has 1 aromatic rings. The first-order valence-corrected chi connectivity index (χ1v) is 7.57. The predicted molar refractivity (Wildman–Crippen MR) is 75.5 cm³/mol. The molecule has 1 saturated heterocycles. The van der Waals surface area contributed by atoms with Gasteiger partial charge in [0, 0.05) is 25.2 Å². The van der Waals surface area contributed by atoms with Crippen molar-refractivity contribution in [1.29, 1.82) is 0 Å². The van der Waals surface area contributed by atoms with Crippen molar-refractivity contribution < 1.29 is 13.9 Å². The predicted octanol–water partition coefficient (Wildman–Crippen LogP) is 2.85. The van der Waals surface area contributed by atoms with Crippen molar-refractivity contribution >= 4 is 0 Å². The lowest BCUT2D eigenvalue weighted by molar-refractivity contribution is -0.0901. The van der Waals surface area contributed by atoms with Gasteiger partial charge in [-0.05, 0) is 25.0 Å². The number of ether oxygens (including phenoxy) is 2. The number of nitrogens with zero attached hydrogens (tertiary/aromatic N) is 1. The maximum absolute atomic E-state index is 13.1. The Balaban J connectivity index is 1.50.